The fourth-order valence-electron chi connectivity index (χ4n) is 1.38. The van der Waals surface area contributed by atoms with Gasteiger partial charge >= 0.3 is 0 Å². The molecule has 0 saturated carbocycles. The molecule has 0 aliphatic heterocycles. The molecule has 0 spiro atoms. The van der Waals surface area contributed by atoms with Crippen LogP contribution in [0.4, 0.5) is 10.2 Å². The Morgan fingerprint density at radius 2 is 2.18 bits per heavy atom. The third-order valence-electron chi connectivity index (χ3n) is 2.12. The van der Waals surface area contributed by atoms with Gasteiger partial charge in [-0.15, -0.1) is 0 Å². The van der Waals surface area contributed by atoms with Gasteiger partial charge in [-0.25, -0.2) is 9.37 Å². The number of nitrogens with two attached hydrogens (primary N) is 1. The molecule has 2 N–H and O–H groups in total. The van der Waals surface area contributed by atoms with Gasteiger partial charge in [0.2, 0.25) is 0 Å². The summed E-state index contributed by atoms with van der Waals surface area (Å²) in [5.41, 5.74) is 6.35. The van der Waals surface area contributed by atoms with Crippen molar-refractivity contribution < 1.29 is 9.13 Å². The van der Waals surface area contributed by atoms with E-state index in [-0.39, 0.29) is 12.4 Å². The normalized spacial score (nSPS) is 10.2. The van der Waals surface area contributed by atoms with Gasteiger partial charge < -0.3 is 10.5 Å². The van der Waals surface area contributed by atoms with Crippen molar-refractivity contribution in [1.29, 1.82) is 0 Å². The van der Waals surface area contributed by atoms with Crippen molar-refractivity contribution in [2.24, 2.45) is 0 Å². The zero-order valence-electron chi connectivity index (χ0n) is 8.86. The maximum Gasteiger partial charge on any atom is 0.166 e. The first-order valence-corrected chi connectivity index (χ1v) is 5.73. The molecule has 1 aromatic heterocycles. The molecule has 0 saturated heterocycles. The molecule has 0 aliphatic rings. The number of hydrogen-bond donors (Lipinski definition) is 1. The van der Waals surface area contributed by atoms with Gasteiger partial charge in [-0.3, -0.25) is 0 Å². The number of ether oxygens (including phenoxy) is 1. The van der Waals surface area contributed by atoms with E-state index in [4.69, 9.17) is 10.5 Å². The standard InChI is InChI=1S/C12H10BrFN2O/c13-9-4-8(5-10(14)6-9)7-17-11-2-1-3-16-12(11)15/h1-6H,7H2,(H2,15,16). The number of hydrogen-bond acceptors (Lipinski definition) is 3. The Morgan fingerprint density at radius 1 is 1.35 bits per heavy atom. The van der Waals surface area contributed by atoms with E-state index in [0.29, 0.717) is 16.0 Å². The minimum atomic E-state index is -0.308. The van der Waals surface area contributed by atoms with Gasteiger partial charge in [-0.1, -0.05) is 15.9 Å². The second-order valence-corrected chi connectivity index (χ2v) is 4.37. The zero-order valence-corrected chi connectivity index (χ0v) is 10.4. The monoisotopic (exact) mass is 296 g/mol. The number of anilines is 1. The highest BCUT2D eigenvalue weighted by atomic mass is 79.9. The van der Waals surface area contributed by atoms with Crippen LogP contribution in [0.3, 0.4) is 0 Å². The first-order chi connectivity index (χ1) is 8.15. The van der Waals surface area contributed by atoms with Gasteiger partial charge in [0.05, 0.1) is 0 Å². The average molecular weight is 297 g/mol. The van der Waals surface area contributed by atoms with Crippen LogP contribution in [0.2, 0.25) is 0 Å². The van der Waals surface area contributed by atoms with Gasteiger partial charge in [-0.2, -0.15) is 0 Å². The Hall–Kier alpha value is -1.62. The van der Waals surface area contributed by atoms with E-state index in [2.05, 4.69) is 20.9 Å². The SMILES string of the molecule is Nc1ncccc1OCc1cc(F)cc(Br)c1. The molecule has 0 bridgehead atoms. The fraction of sp³-hybridized carbons (Fsp3) is 0.0833. The van der Waals surface area contributed by atoms with Crippen molar-refractivity contribution in [1.82, 2.24) is 4.98 Å². The summed E-state index contributed by atoms with van der Waals surface area (Å²) >= 11 is 3.22. The molecule has 2 rings (SSSR count). The molecule has 88 valence electrons. The Bertz CT molecular complexity index is 513. The number of benzene rings is 1. The molecule has 2 aromatic rings. The molecular weight excluding hydrogens is 287 g/mol. The van der Waals surface area contributed by atoms with Crippen LogP contribution in [0.1, 0.15) is 5.56 Å². The van der Waals surface area contributed by atoms with Crippen molar-refractivity contribution in [3.63, 3.8) is 0 Å². The second-order valence-electron chi connectivity index (χ2n) is 3.45. The Labute approximate surface area is 107 Å². The summed E-state index contributed by atoms with van der Waals surface area (Å²) in [6.07, 6.45) is 1.58. The number of halogens is 2. The Morgan fingerprint density at radius 3 is 2.88 bits per heavy atom. The van der Waals surface area contributed by atoms with Gasteiger partial charge in [-0.05, 0) is 35.9 Å². The second kappa shape index (κ2) is 5.14. The third kappa shape index (κ3) is 3.17. The lowest BCUT2D eigenvalue weighted by molar-refractivity contribution is 0.306. The van der Waals surface area contributed by atoms with Crippen LogP contribution in [-0.4, -0.2) is 4.98 Å². The molecule has 0 atom stereocenters. The fourth-order valence-corrected chi connectivity index (χ4v) is 1.89. The minimum Gasteiger partial charge on any atom is -0.485 e. The van der Waals surface area contributed by atoms with Crippen molar-refractivity contribution >= 4 is 21.7 Å². The summed E-state index contributed by atoms with van der Waals surface area (Å²) in [6.45, 7) is 0.242. The molecule has 1 heterocycles. The van der Waals surface area contributed by atoms with E-state index in [1.54, 1.807) is 24.4 Å². The van der Waals surface area contributed by atoms with Gasteiger partial charge in [0.15, 0.2) is 11.6 Å². The molecule has 0 unspecified atom stereocenters. The lowest BCUT2D eigenvalue weighted by Crippen LogP contribution is -2.00. The highest BCUT2D eigenvalue weighted by Crippen LogP contribution is 2.20. The quantitative estimate of drug-likeness (QED) is 0.946. The molecule has 17 heavy (non-hydrogen) atoms. The summed E-state index contributed by atoms with van der Waals surface area (Å²) in [6, 6.07) is 8.04. The van der Waals surface area contributed by atoms with Gasteiger partial charge in [0.25, 0.3) is 0 Å². The van der Waals surface area contributed by atoms with E-state index in [1.165, 1.54) is 12.1 Å². The zero-order chi connectivity index (χ0) is 12.3. The lowest BCUT2D eigenvalue weighted by Gasteiger charge is -2.08. The molecular formula is C12H10BrFN2O. The predicted octanol–water partition coefficient (Wildman–Crippen LogP) is 3.14. The molecule has 0 aliphatic carbocycles. The van der Waals surface area contributed by atoms with Gasteiger partial charge in [0.1, 0.15) is 12.4 Å². The maximum absolute atomic E-state index is 13.1. The number of rotatable bonds is 3. The lowest BCUT2D eigenvalue weighted by atomic mass is 10.2. The molecule has 0 amide bonds. The first kappa shape index (κ1) is 11.9. The highest BCUT2D eigenvalue weighted by molar-refractivity contribution is 9.10. The van der Waals surface area contributed by atoms with E-state index < -0.39 is 0 Å². The molecule has 1 aromatic carbocycles. The molecule has 3 nitrogen and oxygen atoms in total. The first-order valence-electron chi connectivity index (χ1n) is 4.93. The number of pyridine rings is 1. The largest absolute Gasteiger partial charge is 0.485 e. The van der Waals surface area contributed by atoms with Gasteiger partial charge in [0, 0.05) is 10.7 Å². The van der Waals surface area contributed by atoms with Crippen molar-refractivity contribution in [2.45, 2.75) is 6.61 Å². The van der Waals surface area contributed by atoms with Crippen LogP contribution >= 0.6 is 15.9 Å². The van der Waals surface area contributed by atoms with Crippen LogP contribution < -0.4 is 10.5 Å². The van der Waals surface area contributed by atoms with E-state index in [1.807, 2.05) is 0 Å². The summed E-state index contributed by atoms with van der Waals surface area (Å²) in [5, 5.41) is 0. The minimum absolute atomic E-state index is 0.242. The van der Waals surface area contributed by atoms with Crippen LogP contribution in [0, 0.1) is 5.82 Å². The summed E-state index contributed by atoms with van der Waals surface area (Å²) in [5.74, 6) is 0.507. The topological polar surface area (TPSA) is 48.1 Å². The van der Waals surface area contributed by atoms with Crippen LogP contribution in [-0.2, 0) is 6.61 Å². The van der Waals surface area contributed by atoms with E-state index >= 15 is 0 Å². The molecule has 0 radical (unpaired) electrons. The third-order valence-corrected chi connectivity index (χ3v) is 2.57. The van der Waals surface area contributed by atoms with Crippen molar-refractivity contribution in [3.05, 3.63) is 52.4 Å². The Kier molecular flexibility index (Phi) is 3.58. The highest BCUT2D eigenvalue weighted by Gasteiger charge is 2.03. The molecule has 0 fully saturated rings. The maximum atomic E-state index is 13.1. The van der Waals surface area contributed by atoms with E-state index in [0.717, 1.165) is 5.56 Å². The Balaban J connectivity index is 2.10. The molecule has 5 heteroatoms. The summed E-state index contributed by atoms with van der Waals surface area (Å²) < 4.78 is 19.2. The van der Waals surface area contributed by atoms with Crippen LogP contribution in [0.15, 0.2) is 41.0 Å². The number of aromatic nitrogens is 1. The van der Waals surface area contributed by atoms with Crippen LogP contribution in [0.5, 0.6) is 5.75 Å². The van der Waals surface area contributed by atoms with Crippen molar-refractivity contribution in [3.8, 4) is 5.75 Å². The number of nitrogen functional groups attached to an aromatic ring is 1. The number of nitrogens with zero attached hydrogens (tertiary/aromatic N) is 1. The predicted molar refractivity (Wildman–Crippen MR) is 67.1 cm³/mol. The summed E-state index contributed by atoms with van der Waals surface area (Å²) in [7, 11) is 0. The smallest absolute Gasteiger partial charge is 0.166 e. The summed E-state index contributed by atoms with van der Waals surface area (Å²) in [4.78, 5) is 3.90. The van der Waals surface area contributed by atoms with Crippen LogP contribution in [0.25, 0.3) is 0 Å². The average Bonchev–Trinajstić information content (AvgIpc) is 2.27. The van der Waals surface area contributed by atoms with Crippen molar-refractivity contribution in [2.75, 3.05) is 5.73 Å². The van der Waals surface area contributed by atoms with E-state index in [9.17, 15) is 4.39 Å².